The van der Waals surface area contributed by atoms with Gasteiger partial charge in [0.1, 0.15) is 5.82 Å². The van der Waals surface area contributed by atoms with Crippen LogP contribution < -0.4 is 14.5 Å². The Morgan fingerprint density at radius 2 is 1.35 bits per heavy atom. The van der Waals surface area contributed by atoms with Crippen molar-refractivity contribution in [2.45, 2.75) is 92.9 Å². The first kappa shape index (κ1) is 39.4. The van der Waals surface area contributed by atoms with Crippen molar-refractivity contribution in [1.29, 1.82) is 0 Å². The number of nitrogens with zero attached hydrogens (tertiary/aromatic N) is 4. The van der Waals surface area contributed by atoms with Crippen LogP contribution in [0.3, 0.4) is 0 Å². The van der Waals surface area contributed by atoms with Gasteiger partial charge in [-0.3, -0.25) is 0 Å². The minimum Gasteiger partial charge on any atom is -0.509 e. The predicted molar refractivity (Wildman–Crippen MR) is 222 cm³/mol. The van der Waals surface area contributed by atoms with Gasteiger partial charge in [-0.15, -0.1) is 53.6 Å². The largest absolute Gasteiger partial charge is 0.509 e. The molecule has 54 heavy (non-hydrogen) atoms. The van der Waals surface area contributed by atoms with Gasteiger partial charge in [0.15, 0.2) is 0 Å². The zero-order valence-corrected chi connectivity index (χ0v) is 35.7. The molecule has 6 heteroatoms. The van der Waals surface area contributed by atoms with Gasteiger partial charge in [0.2, 0.25) is 0 Å². The fraction of sp³-hybridized carbons (Fsp3) is 0.333. The Kier molecular flexibility index (Phi) is 11.2. The van der Waals surface area contributed by atoms with E-state index in [-0.39, 0.29) is 31.9 Å². The van der Waals surface area contributed by atoms with E-state index in [0.717, 1.165) is 51.7 Å². The van der Waals surface area contributed by atoms with Gasteiger partial charge in [0, 0.05) is 50.0 Å². The Morgan fingerprint density at radius 3 is 2.02 bits per heavy atom. The van der Waals surface area contributed by atoms with Gasteiger partial charge in [0.05, 0.1) is 0 Å². The van der Waals surface area contributed by atoms with Crippen LogP contribution in [0.2, 0.25) is 0 Å². The van der Waals surface area contributed by atoms with Crippen molar-refractivity contribution in [1.82, 2.24) is 9.55 Å². The van der Waals surface area contributed by atoms with E-state index in [9.17, 15) is 0 Å². The molecule has 0 bridgehead atoms. The summed E-state index contributed by atoms with van der Waals surface area (Å²) in [5, 5.41) is 2.26. The van der Waals surface area contributed by atoms with Crippen molar-refractivity contribution in [3.8, 4) is 17.3 Å². The average Bonchev–Trinajstić information content (AvgIpc) is 3.70. The molecule has 1 aliphatic heterocycles. The summed E-state index contributed by atoms with van der Waals surface area (Å²) in [5.74, 6) is 3.34. The molecule has 0 atom stereocenters. The Morgan fingerprint density at radius 1 is 0.685 bits per heavy atom. The van der Waals surface area contributed by atoms with Crippen molar-refractivity contribution in [2.24, 2.45) is 11.8 Å². The van der Waals surface area contributed by atoms with E-state index in [2.05, 4.69) is 188 Å². The molecule has 2 aromatic heterocycles. The van der Waals surface area contributed by atoms with Crippen molar-refractivity contribution >= 4 is 33.2 Å². The fourth-order valence-electron chi connectivity index (χ4n) is 7.17. The maximum atomic E-state index is 6.68. The van der Waals surface area contributed by atoms with Crippen molar-refractivity contribution in [3.63, 3.8) is 0 Å². The molecule has 0 fully saturated rings. The molecule has 0 N–H and O–H groups in total. The van der Waals surface area contributed by atoms with Crippen LogP contribution in [-0.4, -0.2) is 9.55 Å². The monoisotopic (exact) mass is 896 g/mol. The third kappa shape index (κ3) is 8.47. The van der Waals surface area contributed by atoms with Crippen LogP contribution in [0.4, 0.5) is 11.4 Å². The number of pyridine rings is 1. The second kappa shape index (κ2) is 15.4. The molecule has 0 amide bonds. The molecular weight excluding hydrogens is 844 g/mol. The predicted octanol–water partition coefficient (Wildman–Crippen LogP) is 12.5. The number of anilines is 2. The van der Waals surface area contributed by atoms with E-state index in [1.54, 1.807) is 0 Å². The Balaban J connectivity index is 0.00000497. The van der Waals surface area contributed by atoms with E-state index >= 15 is 0 Å². The van der Waals surface area contributed by atoms with Gasteiger partial charge in [-0.05, 0) is 100 Å². The first-order chi connectivity index (χ1) is 25.1. The van der Waals surface area contributed by atoms with Crippen LogP contribution in [0.15, 0.2) is 97.5 Å². The molecular formula is C48H53N4OPt-3. The summed E-state index contributed by atoms with van der Waals surface area (Å²) in [7, 11) is 0. The molecule has 4 aromatic carbocycles. The van der Waals surface area contributed by atoms with Gasteiger partial charge >= 0.3 is 0 Å². The molecule has 0 saturated carbocycles. The Hall–Kier alpha value is -4.34. The van der Waals surface area contributed by atoms with Crippen molar-refractivity contribution in [2.75, 3.05) is 9.80 Å². The zero-order chi connectivity index (χ0) is 37.7. The number of ether oxygens (including phenoxy) is 1. The summed E-state index contributed by atoms with van der Waals surface area (Å²) in [4.78, 5) is 9.20. The van der Waals surface area contributed by atoms with Crippen LogP contribution in [0.5, 0.6) is 11.5 Å². The number of hydrogen-bond acceptors (Lipinski definition) is 4. The summed E-state index contributed by atoms with van der Waals surface area (Å²) < 4.78 is 8.88. The second-order valence-electron chi connectivity index (χ2n) is 17.5. The molecule has 6 aromatic rings. The molecule has 1 aliphatic rings. The molecule has 0 radical (unpaired) electrons. The van der Waals surface area contributed by atoms with Gasteiger partial charge < -0.3 is 19.1 Å². The number of para-hydroxylation sites is 1. The first-order valence-corrected chi connectivity index (χ1v) is 19.0. The number of rotatable bonds is 9. The van der Waals surface area contributed by atoms with Gasteiger partial charge in [-0.2, -0.15) is 6.07 Å². The molecule has 7 rings (SSSR count). The van der Waals surface area contributed by atoms with E-state index in [1.165, 1.54) is 22.4 Å². The van der Waals surface area contributed by atoms with E-state index in [0.29, 0.717) is 23.3 Å². The minimum atomic E-state index is -0.105. The van der Waals surface area contributed by atoms with Gasteiger partial charge in [-0.1, -0.05) is 99.0 Å². The van der Waals surface area contributed by atoms with Crippen molar-refractivity contribution in [3.05, 3.63) is 139 Å². The summed E-state index contributed by atoms with van der Waals surface area (Å²) in [6, 6.07) is 35.5. The average molecular weight is 897 g/mol. The fourth-order valence-corrected chi connectivity index (χ4v) is 7.17. The summed E-state index contributed by atoms with van der Waals surface area (Å²) >= 11 is 0. The number of fused-ring (bicyclic) bond motifs is 3. The first-order valence-electron chi connectivity index (χ1n) is 19.0. The minimum absolute atomic E-state index is 0. The standard InChI is InChI=1S/C48H53N4O.Pt/c1-32(2)21-34-23-35(22-33(3)4)25-38(24-34)50-19-20-51(31-50)39-26-37(48(8,9)10)27-41(29-39)53-40-15-16-43-42-13-11-12-14-44(42)52(45(43)30-40)46-28-36(17-18-49-46)47(5,6)7;/h11-20,23-28,31-33H,21-22H2,1-10H3;/q-3;. The molecule has 0 unspecified atom stereocenters. The van der Waals surface area contributed by atoms with Crippen LogP contribution >= 0.6 is 0 Å². The Labute approximate surface area is 337 Å². The molecule has 3 heterocycles. The van der Waals surface area contributed by atoms with Crippen molar-refractivity contribution < 1.29 is 25.8 Å². The van der Waals surface area contributed by atoms with Crippen LogP contribution in [0.1, 0.15) is 91.5 Å². The zero-order valence-electron chi connectivity index (χ0n) is 33.4. The summed E-state index contributed by atoms with van der Waals surface area (Å²) in [6.45, 7) is 24.7. The molecule has 0 saturated heterocycles. The number of aromatic nitrogens is 2. The molecule has 5 nitrogen and oxygen atoms in total. The summed E-state index contributed by atoms with van der Waals surface area (Å²) in [5.41, 5.74) is 9.17. The molecule has 284 valence electrons. The third-order valence-corrected chi connectivity index (χ3v) is 9.85. The number of benzene rings is 4. The van der Waals surface area contributed by atoms with Gasteiger partial charge in [-0.25, -0.2) is 4.98 Å². The SMILES string of the molecule is CC(C)Cc1cc(CC(C)C)cc(N2C=CN(c3[c-]c(Oc4[c-]c5c(cc4)c4ccccc4n5-c4cc(C(C)(C)C)ccn4)cc(C(C)(C)C)c3)[CH-]2)c1.[Pt]. The maximum absolute atomic E-state index is 6.68. The molecule has 0 aliphatic carbocycles. The maximum Gasteiger partial charge on any atom is 0.135 e. The van der Waals surface area contributed by atoms with Crippen LogP contribution in [0, 0.1) is 30.6 Å². The van der Waals surface area contributed by atoms with E-state index in [1.807, 2.05) is 12.3 Å². The number of hydrogen-bond donors (Lipinski definition) is 0. The normalized spacial score (nSPS) is 13.5. The third-order valence-electron chi connectivity index (χ3n) is 9.85. The summed E-state index contributed by atoms with van der Waals surface area (Å²) in [6.07, 6.45) is 8.27. The quantitative estimate of drug-likeness (QED) is 0.135. The topological polar surface area (TPSA) is 33.5 Å². The van der Waals surface area contributed by atoms with Crippen LogP contribution in [0.25, 0.3) is 27.6 Å². The van der Waals surface area contributed by atoms with E-state index in [4.69, 9.17) is 9.72 Å². The Bertz CT molecular complexity index is 2270. The van der Waals surface area contributed by atoms with Gasteiger partial charge in [0.25, 0.3) is 0 Å². The smallest absolute Gasteiger partial charge is 0.135 e. The second-order valence-corrected chi connectivity index (χ2v) is 17.5. The van der Waals surface area contributed by atoms with Crippen LogP contribution in [-0.2, 0) is 44.7 Å². The van der Waals surface area contributed by atoms with E-state index < -0.39 is 0 Å². The molecule has 0 spiro atoms.